The summed E-state index contributed by atoms with van der Waals surface area (Å²) in [5, 5.41) is 14.9. The minimum atomic E-state index is -0.0431. The van der Waals surface area contributed by atoms with Crippen molar-refractivity contribution in [1.29, 1.82) is 0 Å². The molecule has 1 amide bonds. The van der Waals surface area contributed by atoms with Crippen LogP contribution in [0, 0.1) is 0 Å². The quantitative estimate of drug-likeness (QED) is 0.107. The molecule has 1 aromatic carbocycles. The third-order valence-corrected chi connectivity index (χ3v) is 7.33. The van der Waals surface area contributed by atoms with Gasteiger partial charge in [0.1, 0.15) is 0 Å². The lowest BCUT2D eigenvalue weighted by atomic mass is 10.1. The van der Waals surface area contributed by atoms with E-state index >= 15 is 0 Å². The summed E-state index contributed by atoms with van der Waals surface area (Å²) in [7, 11) is 0. The number of H-pyrrole nitrogens is 1. The molecule has 0 fully saturated rings. The predicted molar refractivity (Wildman–Crippen MR) is 171 cm³/mol. The first-order valence-corrected chi connectivity index (χ1v) is 15.7. The molecule has 41 heavy (non-hydrogen) atoms. The number of aromatic nitrogens is 5. The van der Waals surface area contributed by atoms with Gasteiger partial charge >= 0.3 is 0 Å². The van der Waals surface area contributed by atoms with E-state index in [0.29, 0.717) is 18.7 Å². The van der Waals surface area contributed by atoms with Gasteiger partial charge in [0.15, 0.2) is 5.95 Å². The summed E-state index contributed by atoms with van der Waals surface area (Å²) in [4.78, 5) is 20.3. The molecule has 0 saturated heterocycles. The van der Waals surface area contributed by atoms with Crippen molar-refractivity contribution in [3.8, 4) is 0 Å². The number of amides is 1. The summed E-state index contributed by atoms with van der Waals surface area (Å²) >= 11 is 0. The topological polar surface area (TPSA) is 101 Å². The number of nitrogens with zero attached hydrogens (tertiary/aromatic N) is 4. The van der Waals surface area contributed by atoms with Crippen LogP contribution in [0.4, 0.5) is 5.95 Å². The van der Waals surface area contributed by atoms with Gasteiger partial charge in [-0.2, -0.15) is 0 Å². The number of unbranched alkanes of at least 4 members (excludes halogenated alkanes) is 9. The number of halogens is 1. The maximum absolute atomic E-state index is 12.5. The molecule has 8 nitrogen and oxygen atoms in total. The fourth-order valence-electron chi connectivity index (χ4n) is 4.84. The highest BCUT2D eigenvalue weighted by Gasteiger charge is 2.07. The Morgan fingerprint density at radius 1 is 0.829 bits per heavy atom. The number of hydrogen-bond acceptors (Lipinski definition) is 5. The number of carbonyl (C=O) groups is 1. The number of anilines is 1. The van der Waals surface area contributed by atoms with Crippen LogP contribution in [0.15, 0.2) is 36.7 Å². The minimum absolute atomic E-state index is 0. The van der Waals surface area contributed by atoms with Crippen LogP contribution in [-0.2, 0) is 25.8 Å². The average Bonchev–Trinajstić information content (AvgIpc) is 3.62. The molecule has 0 aliphatic carbocycles. The van der Waals surface area contributed by atoms with E-state index < -0.39 is 0 Å². The van der Waals surface area contributed by atoms with Crippen molar-refractivity contribution in [2.45, 2.75) is 117 Å². The molecule has 3 aromatic rings. The Kier molecular flexibility index (Phi) is 17.5. The standard InChI is InChI=1S/C32H51N7O.ClH/c1-3-5-7-8-9-14-22-34-32-35-25-29(36-32)16-12-10-13-17-30-26-39(38-37-30)24-23-33-31(40)28-20-18-27(19-21-28)15-11-6-4-2;/h18-21,25-26H,3-17,22-24H2,1-2H3,(H,33,40)(H2,34,35,36);1H. The van der Waals surface area contributed by atoms with Crippen molar-refractivity contribution >= 4 is 24.3 Å². The van der Waals surface area contributed by atoms with E-state index in [-0.39, 0.29) is 18.3 Å². The predicted octanol–water partition coefficient (Wildman–Crippen LogP) is 7.31. The first kappa shape index (κ1) is 34.3. The van der Waals surface area contributed by atoms with E-state index in [4.69, 9.17) is 0 Å². The van der Waals surface area contributed by atoms with Crippen LogP contribution in [0.1, 0.15) is 118 Å². The monoisotopic (exact) mass is 585 g/mol. The largest absolute Gasteiger partial charge is 0.356 e. The number of aromatic amines is 1. The van der Waals surface area contributed by atoms with Crippen LogP contribution in [0.2, 0.25) is 0 Å². The van der Waals surface area contributed by atoms with Gasteiger partial charge in [-0.05, 0) is 62.6 Å². The third-order valence-electron chi connectivity index (χ3n) is 7.33. The van der Waals surface area contributed by atoms with E-state index in [2.05, 4.69) is 56.9 Å². The molecule has 0 aliphatic heterocycles. The van der Waals surface area contributed by atoms with Gasteiger partial charge in [-0.1, -0.05) is 82.6 Å². The molecule has 0 aliphatic rings. The minimum Gasteiger partial charge on any atom is -0.356 e. The number of hydrogen-bond donors (Lipinski definition) is 3. The van der Waals surface area contributed by atoms with Gasteiger partial charge in [0.2, 0.25) is 0 Å². The third kappa shape index (κ3) is 14.0. The lowest BCUT2D eigenvalue weighted by Gasteiger charge is -2.06. The molecule has 0 radical (unpaired) electrons. The Morgan fingerprint density at radius 3 is 2.32 bits per heavy atom. The van der Waals surface area contributed by atoms with Crippen molar-refractivity contribution in [3.05, 3.63) is 59.2 Å². The zero-order valence-electron chi connectivity index (χ0n) is 25.3. The molecule has 3 rings (SSSR count). The maximum atomic E-state index is 12.5. The highest BCUT2D eigenvalue weighted by atomic mass is 35.5. The number of benzene rings is 1. The van der Waals surface area contributed by atoms with Crippen LogP contribution < -0.4 is 10.6 Å². The summed E-state index contributed by atoms with van der Waals surface area (Å²) in [6, 6.07) is 7.97. The highest BCUT2D eigenvalue weighted by molar-refractivity contribution is 5.94. The second-order valence-electron chi connectivity index (χ2n) is 10.9. The molecule has 0 unspecified atom stereocenters. The Bertz CT molecular complexity index is 1080. The van der Waals surface area contributed by atoms with Crippen LogP contribution in [0.5, 0.6) is 0 Å². The van der Waals surface area contributed by atoms with Gasteiger partial charge in [0.05, 0.1) is 18.4 Å². The fraction of sp³-hybridized carbons (Fsp3) is 0.625. The van der Waals surface area contributed by atoms with Gasteiger partial charge in [-0.25, -0.2) is 4.98 Å². The van der Waals surface area contributed by atoms with Crippen molar-refractivity contribution in [1.82, 2.24) is 30.3 Å². The number of carbonyl (C=O) groups excluding carboxylic acids is 1. The van der Waals surface area contributed by atoms with Gasteiger partial charge in [-0.15, -0.1) is 17.5 Å². The summed E-state index contributed by atoms with van der Waals surface area (Å²) in [5.41, 5.74) is 4.20. The molecule has 0 spiro atoms. The van der Waals surface area contributed by atoms with Gasteiger partial charge in [0.25, 0.3) is 5.91 Å². The molecule has 0 saturated carbocycles. The van der Waals surface area contributed by atoms with Gasteiger partial charge in [0, 0.05) is 30.5 Å². The molecule has 0 atom stereocenters. The number of rotatable bonds is 22. The number of imidazole rings is 1. The Morgan fingerprint density at radius 2 is 1.51 bits per heavy atom. The van der Waals surface area contributed by atoms with Gasteiger partial charge in [-0.3, -0.25) is 9.48 Å². The van der Waals surface area contributed by atoms with E-state index in [0.717, 1.165) is 56.7 Å². The highest BCUT2D eigenvalue weighted by Crippen LogP contribution is 2.11. The smallest absolute Gasteiger partial charge is 0.251 e. The molecular weight excluding hydrogens is 534 g/mol. The van der Waals surface area contributed by atoms with Crippen molar-refractivity contribution in [3.63, 3.8) is 0 Å². The molecule has 9 heteroatoms. The Balaban J connectivity index is 0.00000588. The van der Waals surface area contributed by atoms with Gasteiger partial charge < -0.3 is 15.6 Å². The summed E-state index contributed by atoms with van der Waals surface area (Å²) in [6.45, 7) is 6.59. The lowest BCUT2D eigenvalue weighted by Crippen LogP contribution is -2.27. The second kappa shape index (κ2) is 20.9. The van der Waals surface area contributed by atoms with E-state index in [1.54, 1.807) is 0 Å². The number of aryl methyl sites for hydroxylation is 3. The number of nitrogens with one attached hydrogen (secondary N) is 3. The summed E-state index contributed by atoms with van der Waals surface area (Å²) < 4.78 is 1.82. The fourth-order valence-corrected chi connectivity index (χ4v) is 4.84. The van der Waals surface area contributed by atoms with E-state index in [1.807, 2.05) is 29.2 Å². The lowest BCUT2D eigenvalue weighted by molar-refractivity contribution is 0.0952. The molecule has 228 valence electrons. The van der Waals surface area contributed by atoms with Crippen molar-refractivity contribution < 1.29 is 4.79 Å². The average molecular weight is 586 g/mol. The van der Waals surface area contributed by atoms with Crippen molar-refractivity contribution in [2.24, 2.45) is 0 Å². The van der Waals surface area contributed by atoms with Crippen molar-refractivity contribution in [2.75, 3.05) is 18.4 Å². The molecule has 0 bridgehead atoms. The Hall–Kier alpha value is -2.87. The molecule has 2 heterocycles. The Labute approximate surface area is 253 Å². The summed E-state index contributed by atoms with van der Waals surface area (Å²) in [5.74, 6) is 0.852. The summed E-state index contributed by atoms with van der Waals surface area (Å²) in [6.07, 6.45) is 21.8. The normalized spacial score (nSPS) is 10.9. The maximum Gasteiger partial charge on any atom is 0.251 e. The zero-order chi connectivity index (χ0) is 28.3. The zero-order valence-corrected chi connectivity index (χ0v) is 26.1. The van der Waals surface area contributed by atoms with E-state index in [1.165, 1.54) is 69.0 Å². The van der Waals surface area contributed by atoms with E-state index in [9.17, 15) is 4.79 Å². The molecule has 3 N–H and O–H groups in total. The SMILES string of the molecule is CCCCCCCCNc1ncc(CCCCCc2cn(CCNC(=O)c3ccc(CCCCC)cc3)nn2)[nH]1.Cl. The second-order valence-corrected chi connectivity index (χ2v) is 10.9. The first-order valence-electron chi connectivity index (χ1n) is 15.7. The van der Waals surface area contributed by atoms with Crippen LogP contribution >= 0.6 is 12.4 Å². The van der Waals surface area contributed by atoms with Crippen LogP contribution in [-0.4, -0.2) is 44.0 Å². The first-order chi connectivity index (χ1) is 19.7. The van der Waals surface area contributed by atoms with Crippen LogP contribution in [0.3, 0.4) is 0 Å². The molecule has 2 aromatic heterocycles. The van der Waals surface area contributed by atoms with Crippen LogP contribution in [0.25, 0.3) is 0 Å². The molecular formula is C32H52ClN7O.